The maximum absolute atomic E-state index is 7.23. The van der Waals surface area contributed by atoms with Crippen molar-refractivity contribution in [2.45, 2.75) is 4.90 Å². The number of amidine groups is 1. The summed E-state index contributed by atoms with van der Waals surface area (Å²) in [6.45, 7) is 0. The van der Waals surface area contributed by atoms with E-state index in [4.69, 9.17) is 5.41 Å². The van der Waals surface area contributed by atoms with Crippen LogP contribution in [0.4, 0.5) is 5.69 Å². The maximum atomic E-state index is 7.23. The quantitative estimate of drug-likeness (QED) is 0.601. The Morgan fingerprint density at radius 3 is 2.90 bits per heavy atom. The van der Waals surface area contributed by atoms with E-state index < -0.39 is 0 Å². The van der Waals surface area contributed by atoms with Crippen LogP contribution in [0.2, 0.25) is 0 Å². The minimum Gasteiger partial charge on any atom is -0.277 e. The third-order valence-electron chi connectivity index (χ3n) is 1.29. The van der Waals surface area contributed by atoms with E-state index in [1.807, 2.05) is 24.3 Å². The first-order chi connectivity index (χ1) is 4.86. The molecule has 1 aliphatic heterocycles. The lowest BCUT2D eigenvalue weighted by molar-refractivity contribution is 1.22. The van der Waals surface area contributed by atoms with Crippen molar-refractivity contribution in [2.24, 2.45) is 0 Å². The van der Waals surface area contributed by atoms with Crippen LogP contribution in [0, 0.1) is 5.41 Å². The van der Waals surface area contributed by atoms with Crippen LogP contribution >= 0.6 is 11.8 Å². The minimum atomic E-state index is 0.390. The largest absolute Gasteiger partial charge is 0.277 e. The number of fused-ring (bicyclic) bond motifs is 1. The van der Waals surface area contributed by atoms with Gasteiger partial charge < -0.3 is 0 Å². The molecule has 1 aromatic carbocycles. The van der Waals surface area contributed by atoms with Gasteiger partial charge in [-0.1, -0.05) is 12.1 Å². The van der Waals surface area contributed by atoms with Crippen LogP contribution < -0.4 is 5.32 Å². The highest BCUT2D eigenvalue weighted by Crippen LogP contribution is 2.34. The first kappa shape index (κ1) is 5.80. The summed E-state index contributed by atoms with van der Waals surface area (Å²) in [4.78, 5) is 1.09. The number of nitrogens with zero attached hydrogens (tertiary/aromatic N) is 1. The molecule has 0 bridgehead atoms. The van der Waals surface area contributed by atoms with Crippen molar-refractivity contribution < 1.29 is 0 Å². The molecule has 2 nitrogen and oxygen atoms in total. The van der Waals surface area contributed by atoms with Crippen molar-refractivity contribution >= 4 is 22.6 Å². The predicted molar refractivity (Wildman–Crippen MR) is 41.8 cm³/mol. The van der Waals surface area contributed by atoms with E-state index in [2.05, 4.69) is 5.32 Å². The molecule has 0 unspecified atom stereocenters. The second-order valence-electron chi connectivity index (χ2n) is 1.99. The van der Waals surface area contributed by atoms with Crippen LogP contribution in [0.5, 0.6) is 0 Å². The summed E-state index contributed by atoms with van der Waals surface area (Å²) < 4.78 is 0. The zero-order chi connectivity index (χ0) is 6.97. The summed E-state index contributed by atoms with van der Waals surface area (Å²) in [6, 6.07) is 7.79. The summed E-state index contributed by atoms with van der Waals surface area (Å²) >= 11 is 1.41. The molecule has 1 aliphatic rings. The first-order valence-electron chi connectivity index (χ1n) is 2.93. The normalized spacial score (nSPS) is 14.6. The lowest BCUT2D eigenvalue weighted by Gasteiger charge is -1.89. The molecular weight excluding hydrogens is 144 g/mol. The Hall–Kier alpha value is -0.960. The molecule has 0 aliphatic carbocycles. The van der Waals surface area contributed by atoms with Crippen molar-refractivity contribution in [3.63, 3.8) is 0 Å². The van der Waals surface area contributed by atoms with E-state index in [-0.39, 0.29) is 0 Å². The molecule has 0 aromatic heterocycles. The van der Waals surface area contributed by atoms with Gasteiger partial charge in [-0.05, 0) is 23.9 Å². The van der Waals surface area contributed by atoms with Gasteiger partial charge in [0.15, 0.2) is 5.17 Å². The van der Waals surface area contributed by atoms with E-state index >= 15 is 0 Å². The number of thioether (sulfide) groups is 1. The highest BCUT2D eigenvalue weighted by molar-refractivity contribution is 8.14. The Morgan fingerprint density at radius 1 is 1.30 bits per heavy atom. The SMILES string of the molecule is N=C1[N]c2ccccc2S1. The van der Waals surface area contributed by atoms with E-state index in [1.165, 1.54) is 11.8 Å². The van der Waals surface area contributed by atoms with Gasteiger partial charge in [-0.2, -0.15) is 0 Å². The van der Waals surface area contributed by atoms with Crippen molar-refractivity contribution in [1.29, 1.82) is 5.41 Å². The molecule has 0 atom stereocenters. The topological polar surface area (TPSA) is 38.0 Å². The summed E-state index contributed by atoms with van der Waals surface area (Å²) in [5, 5.41) is 11.6. The van der Waals surface area contributed by atoms with Gasteiger partial charge in [-0.15, -0.1) is 0 Å². The molecule has 1 radical (unpaired) electrons. The monoisotopic (exact) mass is 149 g/mol. The summed E-state index contributed by atoms with van der Waals surface area (Å²) in [5.74, 6) is 0. The first-order valence-corrected chi connectivity index (χ1v) is 3.75. The second-order valence-corrected chi connectivity index (χ2v) is 3.02. The van der Waals surface area contributed by atoms with Gasteiger partial charge in [0.1, 0.15) is 0 Å². The fraction of sp³-hybridized carbons (Fsp3) is 0. The molecule has 2 rings (SSSR count). The number of nitrogens with one attached hydrogen (secondary N) is 1. The Morgan fingerprint density at radius 2 is 2.10 bits per heavy atom. The number of hydrogen-bond acceptors (Lipinski definition) is 2. The van der Waals surface area contributed by atoms with Gasteiger partial charge in [0.25, 0.3) is 0 Å². The summed E-state index contributed by atoms with van der Waals surface area (Å²) in [5.41, 5.74) is 0.928. The zero-order valence-corrected chi connectivity index (χ0v) is 5.98. The molecule has 0 spiro atoms. The Bertz CT molecular complexity index is 256. The standard InChI is InChI=1S/C7H5N2S/c8-7-9-5-3-1-2-4-6(5)10-7/h1-4,8H. The van der Waals surface area contributed by atoms with Crippen LogP contribution in [0.15, 0.2) is 29.2 Å². The average molecular weight is 149 g/mol. The number of benzene rings is 1. The molecule has 3 heteroatoms. The van der Waals surface area contributed by atoms with Gasteiger partial charge in [0.05, 0.1) is 5.69 Å². The van der Waals surface area contributed by atoms with E-state index in [9.17, 15) is 0 Å². The van der Waals surface area contributed by atoms with Crippen LogP contribution in [0.25, 0.3) is 0 Å². The lowest BCUT2D eigenvalue weighted by atomic mass is 10.3. The zero-order valence-electron chi connectivity index (χ0n) is 5.16. The molecule has 1 N–H and O–H groups in total. The molecule has 0 amide bonds. The maximum Gasteiger partial charge on any atom is 0.185 e. The summed E-state index contributed by atoms with van der Waals surface area (Å²) in [7, 11) is 0. The predicted octanol–water partition coefficient (Wildman–Crippen LogP) is 1.96. The van der Waals surface area contributed by atoms with Crippen LogP contribution in [-0.2, 0) is 0 Å². The molecule has 1 aromatic rings. The molecule has 0 fully saturated rings. The average Bonchev–Trinajstić information content (AvgIpc) is 2.27. The van der Waals surface area contributed by atoms with Crippen molar-refractivity contribution in [3.8, 4) is 0 Å². The van der Waals surface area contributed by atoms with Crippen molar-refractivity contribution in [1.82, 2.24) is 5.32 Å². The molecule has 49 valence electrons. The third kappa shape index (κ3) is 0.789. The molecule has 0 saturated carbocycles. The van der Waals surface area contributed by atoms with Gasteiger partial charge >= 0.3 is 0 Å². The smallest absolute Gasteiger partial charge is 0.185 e. The number of hydrogen-bond donors (Lipinski definition) is 1. The van der Waals surface area contributed by atoms with Gasteiger partial charge in [-0.25, -0.2) is 5.32 Å². The van der Waals surface area contributed by atoms with E-state index in [1.54, 1.807) is 0 Å². The third-order valence-corrected chi connectivity index (χ3v) is 2.14. The van der Waals surface area contributed by atoms with Crippen LogP contribution in [-0.4, -0.2) is 5.17 Å². The fourth-order valence-corrected chi connectivity index (χ4v) is 1.59. The molecule has 1 heterocycles. The van der Waals surface area contributed by atoms with Crippen molar-refractivity contribution in [2.75, 3.05) is 0 Å². The van der Waals surface area contributed by atoms with Gasteiger partial charge in [0.2, 0.25) is 0 Å². The van der Waals surface area contributed by atoms with Crippen molar-refractivity contribution in [3.05, 3.63) is 24.3 Å². The van der Waals surface area contributed by atoms with Gasteiger partial charge in [-0.3, -0.25) is 5.41 Å². The van der Waals surface area contributed by atoms with Crippen LogP contribution in [0.3, 0.4) is 0 Å². The lowest BCUT2D eigenvalue weighted by Crippen LogP contribution is -1.94. The Balaban J connectivity index is 2.51. The highest BCUT2D eigenvalue weighted by atomic mass is 32.2. The Kier molecular flexibility index (Phi) is 1.17. The molecular formula is C7H5N2S. The second kappa shape index (κ2) is 2.02. The Labute approximate surface area is 63.1 Å². The van der Waals surface area contributed by atoms with Gasteiger partial charge in [0, 0.05) is 4.90 Å². The fourth-order valence-electron chi connectivity index (χ4n) is 0.872. The molecule has 10 heavy (non-hydrogen) atoms. The summed E-state index contributed by atoms with van der Waals surface area (Å²) in [6.07, 6.45) is 0. The highest BCUT2D eigenvalue weighted by Gasteiger charge is 2.15. The number of para-hydroxylation sites is 1. The minimum absolute atomic E-state index is 0.390. The molecule has 0 saturated heterocycles. The number of rotatable bonds is 0. The van der Waals surface area contributed by atoms with E-state index in [0.29, 0.717) is 5.17 Å². The van der Waals surface area contributed by atoms with E-state index in [0.717, 1.165) is 10.6 Å². The van der Waals surface area contributed by atoms with Crippen LogP contribution in [0.1, 0.15) is 0 Å².